The van der Waals surface area contributed by atoms with Gasteiger partial charge in [-0.05, 0) is 41.8 Å². The van der Waals surface area contributed by atoms with E-state index in [2.05, 4.69) is 15.9 Å². The molecule has 0 saturated heterocycles. The molecule has 0 aliphatic carbocycles. The molecule has 0 aliphatic rings. The molecule has 0 aromatic heterocycles. The summed E-state index contributed by atoms with van der Waals surface area (Å²) in [5, 5.41) is 0. The molecule has 0 saturated carbocycles. The SMILES string of the molecule is COc1ccc(Br)c(C(N)Cc2cccc(F)c2F)c1. The van der Waals surface area contributed by atoms with E-state index in [-0.39, 0.29) is 12.0 Å². The lowest BCUT2D eigenvalue weighted by atomic mass is 9.99. The third kappa shape index (κ3) is 3.16. The number of benzene rings is 2. The van der Waals surface area contributed by atoms with E-state index in [1.54, 1.807) is 19.2 Å². The Kier molecular flexibility index (Phi) is 4.73. The fourth-order valence-corrected chi connectivity index (χ4v) is 2.53. The van der Waals surface area contributed by atoms with Crippen molar-refractivity contribution in [1.82, 2.24) is 0 Å². The van der Waals surface area contributed by atoms with Gasteiger partial charge in [-0.3, -0.25) is 0 Å². The number of halogens is 3. The van der Waals surface area contributed by atoms with Crippen molar-refractivity contribution < 1.29 is 13.5 Å². The Morgan fingerprint density at radius 2 is 2.00 bits per heavy atom. The van der Waals surface area contributed by atoms with Gasteiger partial charge in [-0.2, -0.15) is 0 Å². The Morgan fingerprint density at radius 1 is 1.25 bits per heavy atom. The monoisotopic (exact) mass is 341 g/mol. The second kappa shape index (κ2) is 6.33. The minimum absolute atomic E-state index is 0.204. The Hall–Kier alpha value is -1.46. The van der Waals surface area contributed by atoms with E-state index in [4.69, 9.17) is 10.5 Å². The molecule has 1 unspecified atom stereocenters. The van der Waals surface area contributed by atoms with Crippen molar-refractivity contribution in [2.24, 2.45) is 5.73 Å². The highest BCUT2D eigenvalue weighted by molar-refractivity contribution is 9.10. The number of hydrogen-bond acceptors (Lipinski definition) is 2. The fourth-order valence-electron chi connectivity index (χ4n) is 1.99. The summed E-state index contributed by atoms with van der Waals surface area (Å²) in [5.74, 6) is -1.04. The van der Waals surface area contributed by atoms with Crippen LogP contribution in [-0.4, -0.2) is 7.11 Å². The summed E-state index contributed by atoms with van der Waals surface area (Å²) in [6, 6.07) is 9.03. The zero-order valence-electron chi connectivity index (χ0n) is 10.9. The van der Waals surface area contributed by atoms with Crippen LogP contribution in [0.1, 0.15) is 17.2 Å². The van der Waals surface area contributed by atoms with Crippen molar-refractivity contribution in [2.45, 2.75) is 12.5 Å². The fraction of sp³-hybridized carbons (Fsp3) is 0.200. The van der Waals surface area contributed by atoms with Crippen LogP contribution < -0.4 is 10.5 Å². The van der Waals surface area contributed by atoms with Gasteiger partial charge in [-0.1, -0.05) is 28.1 Å². The summed E-state index contributed by atoms with van der Waals surface area (Å²) in [6.07, 6.45) is 0.204. The lowest BCUT2D eigenvalue weighted by Crippen LogP contribution is -2.15. The van der Waals surface area contributed by atoms with E-state index < -0.39 is 17.7 Å². The molecule has 0 amide bonds. The molecule has 2 aromatic carbocycles. The zero-order valence-corrected chi connectivity index (χ0v) is 12.5. The van der Waals surface area contributed by atoms with Crippen LogP contribution in [-0.2, 0) is 6.42 Å². The average Bonchev–Trinajstić information content (AvgIpc) is 2.44. The number of methoxy groups -OCH3 is 1. The molecule has 0 heterocycles. The second-order valence-corrected chi connectivity index (χ2v) is 5.27. The maximum Gasteiger partial charge on any atom is 0.162 e. The Labute approximate surface area is 124 Å². The third-order valence-electron chi connectivity index (χ3n) is 3.07. The molecule has 0 spiro atoms. The summed E-state index contributed by atoms with van der Waals surface area (Å²) in [4.78, 5) is 0. The van der Waals surface area contributed by atoms with Crippen molar-refractivity contribution in [3.8, 4) is 5.75 Å². The molecule has 0 bridgehead atoms. The predicted octanol–water partition coefficient (Wildman–Crippen LogP) is 3.98. The minimum Gasteiger partial charge on any atom is -0.497 e. The number of rotatable bonds is 4. The first-order valence-corrected chi connectivity index (χ1v) is 6.84. The molecule has 2 rings (SSSR count). The van der Waals surface area contributed by atoms with Crippen molar-refractivity contribution in [2.75, 3.05) is 7.11 Å². The van der Waals surface area contributed by atoms with Crippen LogP contribution in [0, 0.1) is 11.6 Å². The average molecular weight is 342 g/mol. The maximum atomic E-state index is 13.7. The molecule has 20 heavy (non-hydrogen) atoms. The molecule has 5 heteroatoms. The predicted molar refractivity (Wildman–Crippen MR) is 77.7 cm³/mol. The summed E-state index contributed by atoms with van der Waals surface area (Å²) in [7, 11) is 1.56. The van der Waals surface area contributed by atoms with E-state index in [9.17, 15) is 8.78 Å². The van der Waals surface area contributed by atoms with Crippen molar-refractivity contribution in [3.63, 3.8) is 0 Å². The van der Waals surface area contributed by atoms with Crippen LogP contribution in [0.3, 0.4) is 0 Å². The first kappa shape index (κ1) is 14.9. The minimum atomic E-state index is -0.862. The van der Waals surface area contributed by atoms with Crippen LogP contribution in [0.2, 0.25) is 0 Å². The van der Waals surface area contributed by atoms with Crippen molar-refractivity contribution >= 4 is 15.9 Å². The van der Waals surface area contributed by atoms with Crippen LogP contribution in [0.15, 0.2) is 40.9 Å². The van der Waals surface area contributed by atoms with Crippen molar-refractivity contribution in [3.05, 3.63) is 63.6 Å². The summed E-state index contributed by atoms with van der Waals surface area (Å²) < 4.78 is 32.8. The Balaban J connectivity index is 2.28. The van der Waals surface area contributed by atoms with E-state index in [1.165, 1.54) is 12.1 Å². The van der Waals surface area contributed by atoms with Gasteiger partial charge in [0.2, 0.25) is 0 Å². The highest BCUT2D eigenvalue weighted by Gasteiger charge is 2.15. The highest BCUT2D eigenvalue weighted by Crippen LogP contribution is 2.29. The standard InChI is InChI=1S/C15H14BrF2NO/c1-20-10-5-6-12(16)11(8-10)14(19)7-9-3-2-4-13(17)15(9)18/h2-6,8,14H,7,19H2,1H3. The van der Waals surface area contributed by atoms with Gasteiger partial charge in [0, 0.05) is 10.5 Å². The van der Waals surface area contributed by atoms with Crippen LogP contribution in [0.4, 0.5) is 8.78 Å². The molecule has 0 fully saturated rings. The zero-order chi connectivity index (χ0) is 14.7. The molecule has 2 N–H and O–H groups in total. The molecular weight excluding hydrogens is 328 g/mol. The molecule has 0 aliphatic heterocycles. The van der Waals surface area contributed by atoms with E-state index in [0.29, 0.717) is 5.75 Å². The summed E-state index contributed by atoms with van der Waals surface area (Å²) in [5.41, 5.74) is 7.14. The van der Waals surface area contributed by atoms with Crippen LogP contribution >= 0.6 is 15.9 Å². The number of hydrogen-bond donors (Lipinski definition) is 1. The van der Waals surface area contributed by atoms with Crippen LogP contribution in [0.25, 0.3) is 0 Å². The lowest BCUT2D eigenvalue weighted by Gasteiger charge is -2.15. The Bertz CT molecular complexity index is 619. The third-order valence-corrected chi connectivity index (χ3v) is 3.80. The smallest absolute Gasteiger partial charge is 0.162 e. The second-order valence-electron chi connectivity index (χ2n) is 4.41. The van der Waals surface area contributed by atoms with E-state index in [0.717, 1.165) is 16.1 Å². The molecule has 2 nitrogen and oxygen atoms in total. The largest absolute Gasteiger partial charge is 0.497 e. The van der Waals surface area contributed by atoms with Gasteiger partial charge in [-0.15, -0.1) is 0 Å². The van der Waals surface area contributed by atoms with E-state index in [1.807, 2.05) is 6.07 Å². The molecule has 1 atom stereocenters. The normalized spacial score (nSPS) is 12.2. The van der Waals surface area contributed by atoms with Gasteiger partial charge in [-0.25, -0.2) is 8.78 Å². The number of nitrogens with two attached hydrogens (primary N) is 1. The van der Waals surface area contributed by atoms with Crippen molar-refractivity contribution in [1.29, 1.82) is 0 Å². The van der Waals surface area contributed by atoms with Gasteiger partial charge in [0.05, 0.1) is 7.11 Å². The number of ether oxygens (including phenoxy) is 1. The van der Waals surface area contributed by atoms with Gasteiger partial charge in [0.1, 0.15) is 5.75 Å². The summed E-state index contributed by atoms with van der Waals surface area (Å²) >= 11 is 3.40. The van der Waals surface area contributed by atoms with Gasteiger partial charge < -0.3 is 10.5 Å². The summed E-state index contributed by atoms with van der Waals surface area (Å²) in [6.45, 7) is 0. The van der Waals surface area contributed by atoms with Gasteiger partial charge in [0.15, 0.2) is 11.6 Å². The van der Waals surface area contributed by atoms with E-state index >= 15 is 0 Å². The topological polar surface area (TPSA) is 35.2 Å². The molecule has 0 radical (unpaired) electrons. The highest BCUT2D eigenvalue weighted by atomic mass is 79.9. The Morgan fingerprint density at radius 3 is 2.70 bits per heavy atom. The first-order chi connectivity index (χ1) is 9.52. The lowest BCUT2D eigenvalue weighted by molar-refractivity contribution is 0.413. The molecule has 2 aromatic rings. The van der Waals surface area contributed by atoms with Gasteiger partial charge >= 0.3 is 0 Å². The maximum absolute atomic E-state index is 13.7. The van der Waals surface area contributed by atoms with Gasteiger partial charge in [0.25, 0.3) is 0 Å². The quantitative estimate of drug-likeness (QED) is 0.912. The molecular formula is C15H14BrF2NO. The molecule has 106 valence electrons. The first-order valence-electron chi connectivity index (χ1n) is 6.05. The van der Waals surface area contributed by atoms with Crippen LogP contribution in [0.5, 0.6) is 5.75 Å².